The number of halogens is 3. The standard InChI is InChI=1S/C12H13BrCl2N2O/c13-7-4-9(14)12(10(15)5-7)17-8-2-1-3-16-11(18)6-8/h4-5,8,17H,1-3,6H2,(H,16,18). The molecule has 98 valence electrons. The summed E-state index contributed by atoms with van der Waals surface area (Å²) in [5.74, 6) is 0.0642. The van der Waals surface area contributed by atoms with E-state index in [2.05, 4.69) is 26.6 Å². The molecule has 1 unspecified atom stereocenters. The van der Waals surface area contributed by atoms with Crippen LogP contribution < -0.4 is 10.6 Å². The van der Waals surface area contributed by atoms with Gasteiger partial charge in [-0.15, -0.1) is 0 Å². The molecule has 0 aromatic heterocycles. The number of hydrogen-bond acceptors (Lipinski definition) is 2. The van der Waals surface area contributed by atoms with Crippen LogP contribution in [-0.2, 0) is 4.79 Å². The molecule has 6 heteroatoms. The van der Waals surface area contributed by atoms with E-state index in [0.29, 0.717) is 22.2 Å². The average Bonchev–Trinajstić information content (AvgIpc) is 2.48. The SMILES string of the molecule is O=C1CC(Nc2c(Cl)cc(Br)cc2Cl)CCCN1. The Bertz CT molecular complexity index is 444. The topological polar surface area (TPSA) is 41.1 Å². The predicted molar refractivity (Wildman–Crippen MR) is 78.4 cm³/mol. The number of anilines is 1. The van der Waals surface area contributed by atoms with Crippen molar-refractivity contribution in [2.75, 3.05) is 11.9 Å². The van der Waals surface area contributed by atoms with Crippen molar-refractivity contribution in [3.05, 3.63) is 26.7 Å². The maximum absolute atomic E-state index is 11.5. The molecule has 18 heavy (non-hydrogen) atoms. The van der Waals surface area contributed by atoms with Gasteiger partial charge in [0.15, 0.2) is 0 Å². The second-order valence-corrected chi connectivity index (χ2v) is 6.01. The van der Waals surface area contributed by atoms with Crippen LogP contribution in [0.2, 0.25) is 10.0 Å². The number of benzene rings is 1. The van der Waals surface area contributed by atoms with Gasteiger partial charge in [-0.3, -0.25) is 4.79 Å². The lowest BCUT2D eigenvalue weighted by atomic mass is 10.1. The number of carbonyl (C=O) groups is 1. The quantitative estimate of drug-likeness (QED) is 0.849. The van der Waals surface area contributed by atoms with Gasteiger partial charge in [-0.1, -0.05) is 39.1 Å². The smallest absolute Gasteiger partial charge is 0.222 e. The molecule has 2 N–H and O–H groups in total. The van der Waals surface area contributed by atoms with E-state index >= 15 is 0 Å². The van der Waals surface area contributed by atoms with Gasteiger partial charge in [0.05, 0.1) is 15.7 Å². The van der Waals surface area contributed by atoms with E-state index in [1.807, 2.05) is 0 Å². The lowest BCUT2D eigenvalue weighted by Crippen LogP contribution is -2.27. The predicted octanol–water partition coefficient (Wildman–Crippen LogP) is 3.84. The van der Waals surface area contributed by atoms with Gasteiger partial charge in [0.25, 0.3) is 0 Å². The van der Waals surface area contributed by atoms with Gasteiger partial charge in [0.1, 0.15) is 0 Å². The minimum atomic E-state index is 0.0642. The molecular weight excluding hydrogens is 339 g/mol. The first-order valence-corrected chi connectivity index (χ1v) is 7.29. The molecule has 1 aliphatic rings. The molecular formula is C12H13BrCl2N2O. The van der Waals surface area contributed by atoms with Crippen molar-refractivity contribution in [1.29, 1.82) is 0 Å². The van der Waals surface area contributed by atoms with Crippen LogP contribution in [0.3, 0.4) is 0 Å². The Morgan fingerprint density at radius 2 is 2.00 bits per heavy atom. The summed E-state index contributed by atoms with van der Waals surface area (Å²) in [5.41, 5.74) is 0.696. The summed E-state index contributed by atoms with van der Waals surface area (Å²) in [4.78, 5) is 11.5. The summed E-state index contributed by atoms with van der Waals surface area (Å²) in [6, 6.07) is 3.64. The van der Waals surface area contributed by atoms with E-state index in [4.69, 9.17) is 23.2 Å². The number of carbonyl (C=O) groups excluding carboxylic acids is 1. The molecule has 1 aromatic rings. The molecule has 0 bridgehead atoms. The van der Waals surface area contributed by atoms with Crippen LogP contribution >= 0.6 is 39.1 Å². The van der Waals surface area contributed by atoms with Gasteiger partial charge in [-0.05, 0) is 25.0 Å². The summed E-state index contributed by atoms with van der Waals surface area (Å²) in [6.45, 7) is 0.735. The van der Waals surface area contributed by atoms with Crippen LogP contribution in [0.5, 0.6) is 0 Å². The Morgan fingerprint density at radius 1 is 1.33 bits per heavy atom. The monoisotopic (exact) mass is 350 g/mol. The van der Waals surface area contributed by atoms with Gasteiger partial charge >= 0.3 is 0 Å². The van der Waals surface area contributed by atoms with E-state index < -0.39 is 0 Å². The zero-order valence-electron chi connectivity index (χ0n) is 9.60. The molecule has 1 aliphatic heterocycles. The zero-order chi connectivity index (χ0) is 13.1. The van der Waals surface area contributed by atoms with E-state index in [1.54, 1.807) is 12.1 Å². The van der Waals surface area contributed by atoms with Gasteiger partial charge in [-0.2, -0.15) is 0 Å². The molecule has 0 spiro atoms. The first-order valence-electron chi connectivity index (χ1n) is 5.74. The maximum atomic E-state index is 11.5. The van der Waals surface area contributed by atoms with Gasteiger partial charge in [0.2, 0.25) is 5.91 Å². The first-order chi connectivity index (χ1) is 8.56. The highest BCUT2D eigenvalue weighted by Gasteiger charge is 2.19. The van der Waals surface area contributed by atoms with Crippen LogP contribution in [0.15, 0.2) is 16.6 Å². The summed E-state index contributed by atoms with van der Waals surface area (Å²) in [7, 11) is 0. The van der Waals surface area contributed by atoms with Crippen molar-refractivity contribution in [2.45, 2.75) is 25.3 Å². The number of rotatable bonds is 2. The van der Waals surface area contributed by atoms with Gasteiger partial charge in [0, 0.05) is 23.5 Å². The highest BCUT2D eigenvalue weighted by Crippen LogP contribution is 2.34. The fraction of sp³-hybridized carbons (Fsp3) is 0.417. The summed E-state index contributed by atoms with van der Waals surface area (Å²) in [5, 5.41) is 7.23. The summed E-state index contributed by atoms with van der Waals surface area (Å²) < 4.78 is 0.835. The zero-order valence-corrected chi connectivity index (χ0v) is 12.7. The van der Waals surface area contributed by atoms with Crippen molar-refractivity contribution < 1.29 is 4.79 Å². The molecule has 1 heterocycles. The second-order valence-electron chi connectivity index (χ2n) is 4.28. The number of amides is 1. The van der Waals surface area contributed by atoms with E-state index in [-0.39, 0.29) is 11.9 Å². The maximum Gasteiger partial charge on any atom is 0.222 e. The van der Waals surface area contributed by atoms with Crippen LogP contribution in [0, 0.1) is 0 Å². The third-order valence-electron chi connectivity index (χ3n) is 2.84. The molecule has 2 rings (SSSR count). The molecule has 1 fully saturated rings. The largest absolute Gasteiger partial charge is 0.379 e. The van der Waals surface area contributed by atoms with Gasteiger partial charge in [-0.25, -0.2) is 0 Å². The third kappa shape index (κ3) is 3.53. The molecule has 1 aromatic carbocycles. The van der Waals surface area contributed by atoms with Crippen molar-refractivity contribution >= 4 is 50.7 Å². The van der Waals surface area contributed by atoms with Gasteiger partial charge < -0.3 is 10.6 Å². The molecule has 3 nitrogen and oxygen atoms in total. The lowest BCUT2D eigenvalue weighted by Gasteiger charge is -2.19. The van der Waals surface area contributed by atoms with Crippen molar-refractivity contribution in [3.8, 4) is 0 Å². The molecule has 0 radical (unpaired) electrons. The first kappa shape index (κ1) is 14.0. The lowest BCUT2D eigenvalue weighted by molar-refractivity contribution is -0.120. The molecule has 0 aliphatic carbocycles. The van der Waals surface area contributed by atoms with Crippen molar-refractivity contribution in [3.63, 3.8) is 0 Å². The van der Waals surface area contributed by atoms with Crippen LogP contribution in [0.4, 0.5) is 5.69 Å². The normalized spacial score (nSPS) is 20.2. The Balaban J connectivity index is 2.15. The fourth-order valence-corrected chi connectivity index (χ4v) is 3.30. The van der Waals surface area contributed by atoms with Crippen molar-refractivity contribution in [2.24, 2.45) is 0 Å². The molecule has 0 saturated carbocycles. The van der Waals surface area contributed by atoms with E-state index in [1.165, 1.54) is 0 Å². The van der Waals surface area contributed by atoms with Crippen LogP contribution in [0.25, 0.3) is 0 Å². The molecule has 1 atom stereocenters. The van der Waals surface area contributed by atoms with Crippen LogP contribution in [-0.4, -0.2) is 18.5 Å². The molecule has 1 amide bonds. The average molecular weight is 352 g/mol. The highest BCUT2D eigenvalue weighted by molar-refractivity contribution is 9.10. The Hall–Kier alpha value is -0.450. The highest BCUT2D eigenvalue weighted by atomic mass is 79.9. The second kappa shape index (κ2) is 6.13. The Kier molecular flexibility index (Phi) is 4.76. The summed E-state index contributed by atoms with van der Waals surface area (Å²) >= 11 is 15.6. The Labute approximate surface area is 124 Å². The minimum absolute atomic E-state index is 0.0642. The van der Waals surface area contributed by atoms with Crippen molar-refractivity contribution in [1.82, 2.24) is 5.32 Å². The third-order valence-corrected chi connectivity index (χ3v) is 3.89. The van der Waals surface area contributed by atoms with E-state index in [9.17, 15) is 4.79 Å². The molecule has 1 saturated heterocycles. The van der Waals surface area contributed by atoms with Crippen LogP contribution in [0.1, 0.15) is 19.3 Å². The fourth-order valence-electron chi connectivity index (χ4n) is 1.98. The number of nitrogens with one attached hydrogen (secondary N) is 2. The van der Waals surface area contributed by atoms with E-state index in [0.717, 1.165) is 23.9 Å². The minimum Gasteiger partial charge on any atom is -0.379 e. The number of hydrogen-bond donors (Lipinski definition) is 2. The summed E-state index contributed by atoms with van der Waals surface area (Å²) in [6.07, 6.45) is 2.32. The Morgan fingerprint density at radius 3 is 2.67 bits per heavy atom.